The molecule has 3 rings (SSSR count). The summed E-state index contributed by atoms with van der Waals surface area (Å²) in [6.45, 7) is 2.01. The molecule has 1 unspecified atom stereocenters. The average Bonchev–Trinajstić information content (AvgIpc) is 2.67. The second-order valence-electron chi connectivity index (χ2n) is 5.90. The molecule has 0 fully saturated rings. The highest BCUT2D eigenvalue weighted by atomic mass is 32.2. The molecular weight excluding hydrogens is 352 g/mol. The second kappa shape index (κ2) is 7.51. The fraction of sp³-hybridized carbons (Fsp3) is 0.222. The van der Waals surface area contributed by atoms with Crippen LogP contribution in [-0.2, 0) is 14.8 Å². The third-order valence-electron chi connectivity index (χ3n) is 3.97. The summed E-state index contributed by atoms with van der Waals surface area (Å²) in [5.41, 5.74) is 10.3. The predicted molar refractivity (Wildman–Crippen MR) is 98.4 cm³/mol. The van der Waals surface area contributed by atoms with Gasteiger partial charge < -0.3 is 4.74 Å². The first kappa shape index (κ1) is 17.8. The molecule has 1 aliphatic heterocycles. The number of rotatable bonds is 5. The number of aryl methyl sites for hydroxylation is 1. The van der Waals surface area contributed by atoms with Gasteiger partial charge in [0.15, 0.2) is 0 Å². The van der Waals surface area contributed by atoms with E-state index in [1.807, 2.05) is 37.3 Å². The van der Waals surface area contributed by atoms with Crippen molar-refractivity contribution in [2.75, 3.05) is 13.1 Å². The molecule has 134 valence electrons. The number of sulfonamides is 1. The SMILES string of the molecule is Cc1ccc(S(=O)(=O)N2C=C(c3ccccc3)OC(CN=[N+]=[N-])C2)cc1. The highest BCUT2D eigenvalue weighted by Crippen LogP contribution is 2.27. The van der Waals surface area contributed by atoms with Crippen LogP contribution < -0.4 is 0 Å². The molecule has 1 heterocycles. The summed E-state index contributed by atoms with van der Waals surface area (Å²) in [7, 11) is -3.74. The van der Waals surface area contributed by atoms with E-state index in [2.05, 4.69) is 10.0 Å². The molecule has 0 saturated heterocycles. The minimum absolute atomic E-state index is 0.0423. The van der Waals surface area contributed by atoms with Crippen LogP contribution in [0.4, 0.5) is 0 Å². The van der Waals surface area contributed by atoms with E-state index < -0.39 is 16.1 Å². The van der Waals surface area contributed by atoms with Crippen molar-refractivity contribution in [1.29, 1.82) is 0 Å². The largest absolute Gasteiger partial charge is 0.486 e. The lowest BCUT2D eigenvalue weighted by atomic mass is 10.2. The summed E-state index contributed by atoms with van der Waals surface area (Å²) in [5, 5.41) is 3.53. The van der Waals surface area contributed by atoms with Gasteiger partial charge in [-0.05, 0) is 24.6 Å². The zero-order valence-corrected chi connectivity index (χ0v) is 15.0. The molecule has 8 heteroatoms. The average molecular weight is 370 g/mol. The Morgan fingerprint density at radius 3 is 2.54 bits per heavy atom. The van der Waals surface area contributed by atoms with E-state index in [0.29, 0.717) is 5.76 Å². The van der Waals surface area contributed by atoms with Crippen molar-refractivity contribution in [2.45, 2.75) is 17.9 Å². The van der Waals surface area contributed by atoms with Gasteiger partial charge in [0.25, 0.3) is 10.0 Å². The molecule has 2 aromatic rings. The quantitative estimate of drug-likeness (QED) is 0.456. The summed E-state index contributed by atoms with van der Waals surface area (Å²) in [6.07, 6.45) is 0.920. The summed E-state index contributed by atoms with van der Waals surface area (Å²) >= 11 is 0. The Bertz CT molecular complexity index is 950. The molecular formula is C18H18N4O3S. The number of azide groups is 1. The van der Waals surface area contributed by atoms with Gasteiger partial charge in [0.2, 0.25) is 0 Å². The molecule has 1 aliphatic rings. The molecule has 1 atom stereocenters. The van der Waals surface area contributed by atoms with Gasteiger partial charge in [-0.25, -0.2) is 8.42 Å². The molecule has 7 nitrogen and oxygen atoms in total. The minimum atomic E-state index is -3.74. The Morgan fingerprint density at radius 1 is 1.19 bits per heavy atom. The van der Waals surface area contributed by atoms with Crippen LogP contribution >= 0.6 is 0 Å². The van der Waals surface area contributed by atoms with Crippen molar-refractivity contribution in [3.05, 3.63) is 82.4 Å². The summed E-state index contributed by atoms with van der Waals surface area (Å²) in [4.78, 5) is 2.95. The van der Waals surface area contributed by atoms with Gasteiger partial charge in [-0.15, -0.1) is 0 Å². The lowest BCUT2D eigenvalue weighted by Crippen LogP contribution is -2.39. The first-order chi connectivity index (χ1) is 12.5. The van der Waals surface area contributed by atoms with Crippen LogP contribution in [0.3, 0.4) is 0 Å². The Hall–Kier alpha value is -2.96. The molecule has 0 aromatic heterocycles. The van der Waals surface area contributed by atoms with Crippen molar-refractivity contribution in [1.82, 2.24) is 4.31 Å². The molecule has 0 spiro atoms. The maximum Gasteiger partial charge on any atom is 0.264 e. The van der Waals surface area contributed by atoms with Crippen LogP contribution in [0.5, 0.6) is 0 Å². The Balaban J connectivity index is 2.00. The topological polar surface area (TPSA) is 95.4 Å². The van der Waals surface area contributed by atoms with E-state index in [1.54, 1.807) is 24.3 Å². The van der Waals surface area contributed by atoms with Gasteiger partial charge in [0, 0.05) is 10.5 Å². The number of hydrogen-bond donors (Lipinski definition) is 0. The van der Waals surface area contributed by atoms with Crippen LogP contribution in [0.25, 0.3) is 16.2 Å². The molecule has 0 aliphatic carbocycles. The smallest absolute Gasteiger partial charge is 0.264 e. The molecule has 2 aromatic carbocycles. The summed E-state index contributed by atoms with van der Waals surface area (Å²) in [5.74, 6) is 0.422. The molecule has 0 N–H and O–H groups in total. The Labute approximate surface area is 152 Å². The standard InChI is InChI=1S/C18H18N4O3S/c1-14-7-9-17(10-8-14)26(23,24)22-12-16(11-20-21-19)25-18(13-22)15-5-3-2-4-6-15/h2-10,13,16H,11-12H2,1H3. The minimum Gasteiger partial charge on any atom is -0.486 e. The monoisotopic (exact) mass is 370 g/mol. The molecule has 0 amide bonds. The van der Waals surface area contributed by atoms with E-state index in [4.69, 9.17) is 10.3 Å². The maximum atomic E-state index is 13.0. The van der Waals surface area contributed by atoms with Crippen LogP contribution in [0.2, 0.25) is 0 Å². The Morgan fingerprint density at radius 2 is 1.88 bits per heavy atom. The zero-order valence-electron chi connectivity index (χ0n) is 14.2. The van der Waals surface area contributed by atoms with E-state index >= 15 is 0 Å². The van der Waals surface area contributed by atoms with Gasteiger partial charge in [-0.3, -0.25) is 4.31 Å². The summed E-state index contributed by atoms with van der Waals surface area (Å²) in [6, 6.07) is 15.9. The Kier molecular flexibility index (Phi) is 5.16. The summed E-state index contributed by atoms with van der Waals surface area (Å²) < 4.78 is 33.1. The molecule has 0 radical (unpaired) electrons. The van der Waals surface area contributed by atoms with E-state index in [-0.39, 0.29) is 18.0 Å². The molecule has 0 saturated carbocycles. The van der Waals surface area contributed by atoms with Crippen molar-refractivity contribution < 1.29 is 13.2 Å². The highest BCUT2D eigenvalue weighted by Gasteiger charge is 2.30. The van der Waals surface area contributed by atoms with Crippen molar-refractivity contribution >= 4 is 15.8 Å². The van der Waals surface area contributed by atoms with Gasteiger partial charge >= 0.3 is 0 Å². The van der Waals surface area contributed by atoms with Crippen molar-refractivity contribution in [3.8, 4) is 0 Å². The number of hydrogen-bond acceptors (Lipinski definition) is 4. The lowest BCUT2D eigenvalue weighted by Gasteiger charge is -2.32. The number of nitrogens with zero attached hydrogens (tertiary/aromatic N) is 4. The fourth-order valence-electron chi connectivity index (χ4n) is 2.61. The first-order valence-electron chi connectivity index (χ1n) is 8.04. The van der Waals surface area contributed by atoms with E-state index in [0.717, 1.165) is 11.1 Å². The van der Waals surface area contributed by atoms with Crippen LogP contribution in [-0.4, -0.2) is 31.9 Å². The molecule has 0 bridgehead atoms. The van der Waals surface area contributed by atoms with Crippen LogP contribution in [0, 0.1) is 6.92 Å². The normalized spacial score (nSPS) is 17.0. The highest BCUT2D eigenvalue weighted by molar-refractivity contribution is 7.89. The third-order valence-corrected chi connectivity index (χ3v) is 5.71. The number of benzene rings is 2. The van der Waals surface area contributed by atoms with Gasteiger partial charge in [-0.2, -0.15) is 0 Å². The predicted octanol–water partition coefficient (Wildman–Crippen LogP) is 3.69. The zero-order chi connectivity index (χ0) is 18.6. The van der Waals surface area contributed by atoms with Crippen LogP contribution in [0.15, 0.2) is 70.8 Å². The van der Waals surface area contributed by atoms with Gasteiger partial charge in [0.1, 0.15) is 11.9 Å². The number of ether oxygens (including phenoxy) is 1. The first-order valence-corrected chi connectivity index (χ1v) is 9.48. The molecule has 26 heavy (non-hydrogen) atoms. The van der Waals surface area contributed by atoms with Crippen LogP contribution in [0.1, 0.15) is 11.1 Å². The second-order valence-corrected chi connectivity index (χ2v) is 7.79. The van der Waals surface area contributed by atoms with E-state index in [1.165, 1.54) is 10.5 Å². The lowest BCUT2D eigenvalue weighted by molar-refractivity contribution is 0.138. The third kappa shape index (κ3) is 3.82. The van der Waals surface area contributed by atoms with Gasteiger partial charge in [-0.1, -0.05) is 53.1 Å². The van der Waals surface area contributed by atoms with Crippen molar-refractivity contribution in [2.24, 2.45) is 5.11 Å². The van der Waals surface area contributed by atoms with Crippen molar-refractivity contribution in [3.63, 3.8) is 0 Å². The van der Waals surface area contributed by atoms with Gasteiger partial charge in [0.05, 0.1) is 24.2 Å². The van der Waals surface area contributed by atoms with E-state index in [9.17, 15) is 8.42 Å². The maximum absolute atomic E-state index is 13.0. The fourth-order valence-corrected chi connectivity index (χ4v) is 3.96.